The highest BCUT2D eigenvalue weighted by Crippen LogP contribution is 2.09. The summed E-state index contributed by atoms with van der Waals surface area (Å²) in [4.78, 5) is 34.7. The molecular formula is C15H19NO5. The van der Waals surface area contributed by atoms with Crippen LogP contribution in [0.4, 0.5) is 4.79 Å². The number of carboxylic acid groups (broad SMARTS) is 1. The van der Waals surface area contributed by atoms with E-state index in [2.05, 4.69) is 5.32 Å². The summed E-state index contributed by atoms with van der Waals surface area (Å²) in [5.41, 5.74) is -0.342. The van der Waals surface area contributed by atoms with Crippen LogP contribution in [0.2, 0.25) is 0 Å². The maximum absolute atomic E-state index is 12.0. The van der Waals surface area contributed by atoms with E-state index < -0.39 is 23.7 Å². The number of aliphatic carboxylic acids is 1. The number of carboxylic acids is 1. The molecule has 0 unspecified atom stereocenters. The first-order chi connectivity index (χ1) is 9.69. The second-order valence-electron chi connectivity index (χ2n) is 5.53. The van der Waals surface area contributed by atoms with Crippen molar-refractivity contribution in [3.8, 4) is 0 Å². The Bertz CT molecular complexity index is 519. The highest BCUT2D eigenvalue weighted by atomic mass is 16.6. The van der Waals surface area contributed by atoms with E-state index in [4.69, 9.17) is 9.84 Å². The SMILES string of the molecule is CC(C)(C)OC(=O)N[C@H](CC(=O)c1ccccc1)C(=O)O. The van der Waals surface area contributed by atoms with Crippen molar-refractivity contribution in [2.75, 3.05) is 0 Å². The minimum Gasteiger partial charge on any atom is -0.480 e. The monoisotopic (exact) mass is 293 g/mol. The van der Waals surface area contributed by atoms with Gasteiger partial charge in [0, 0.05) is 12.0 Å². The third kappa shape index (κ3) is 6.07. The summed E-state index contributed by atoms with van der Waals surface area (Å²) in [6.07, 6.45) is -1.20. The molecule has 0 saturated carbocycles. The highest BCUT2D eigenvalue weighted by molar-refractivity contribution is 5.99. The fourth-order valence-electron chi connectivity index (χ4n) is 1.58. The van der Waals surface area contributed by atoms with Crippen molar-refractivity contribution < 1.29 is 24.2 Å². The number of hydrogen-bond donors (Lipinski definition) is 2. The van der Waals surface area contributed by atoms with Gasteiger partial charge in [0.25, 0.3) is 0 Å². The molecule has 114 valence electrons. The lowest BCUT2D eigenvalue weighted by Gasteiger charge is -2.21. The number of nitrogens with one attached hydrogen (secondary N) is 1. The number of alkyl carbamates (subject to hydrolysis) is 1. The Morgan fingerprint density at radius 1 is 1.19 bits per heavy atom. The van der Waals surface area contributed by atoms with E-state index in [1.165, 1.54) is 0 Å². The third-order valence-corrected chi connectivity index (χ3v) is 2.47. The first-order valence-corrected chi connectivity index (χ1v) is 6.49. The van der Waals surface area contributed by atoms with Gasteiger partial charge in [-0.1, -0.05) is 30.3 Å². The van der Waals surface area contributed by atoms with Crippen LogP contribution in [0.5, 0.6) is 0 Å². The lowest BCUT2D eigenvalue weighted by Crippen LogP contribution is -2.44. The van der Waals surface area contributed by atoms with E-state index in [0.717, 1.165) is 0 Å². The molecule has 0 saturated heterocycles. The summed E-state index contributed by atoms with van der Waals surface area (Å²) in [7, 11) is 0. The molecule has 6 heteroatoms. The zero-order valence-corrected chi connectivity index (χ0v) is 12.3. The first-order valence-electron chi connectivity index (χ1n) is 6.49. The van der Waals surface area contributed by atoms with Gasteiger partial charge in [0.15, 0.2) is 5.78 Å². The van der Waals surface area contributed by atoms with E-state index >= 15 is 0 Å². The van der Waals surface area contributed by atoms with Crippen molar-refractivity contribution in [1.82, 2.24) is 5.32 Å². The van der Waals surface area contributed by atoms with Crippen LogP contribution in [-0.2, 0) is 9.53 Å². The summed E-state index contributed by atoms with van der Waals surface area (Å²) in [6.45, 7) is 4.99. The van der Waals surface area contributed by atoms with Gasteiger partial charge in [0.1, 0.15) is 11.6 Å². The molecule has 0 bridgehead atoms. The number of hydrogen-bond acceptors (Lipinski definition) is 4. The van der Waals surface area contributed by atoms with E-state index in [-0.39, 0.29) is 12.2 Å². The molecule has 1 aromatic rings. The second-order valence-corrected chi connectivity index (χ2v) is 5.53. The van der Waals surface area contributed by atoms with Gasteiger partial charge in [-0.2, -0.15) is 0 Å². The molecule has 2 N–H and O–H groups in total. The van der Waals surface area contributed by atoms with Crippen LogP contribution < -0.4 is 5.32 Å². The second kappa shape index (κ2) is 6.88. The Balaban J connectivity index is 2.69. The van der Waals surface area contributed by atoms with Crippen LogP contribution in [0.15, 0.2) is 30.3 Å². The molecule has 0 aliphatic heterocycles. The highest BCUT2D eigenvalue weighted by Gasteiger charge is 2.26. The van der Waals surface area contributed by atoms with Gasteiger partial charge in [-0.3, -0.25) is 4.79 Å². The number of ketones is 1. The molecule has 0 aliphatic carbocycles. The Morgan fingerprint density at radius 3 is 2.24 bits per heavy atom. The minimum atomic E-state index is -1.33. The summed E-state index contributed by atoms with van der Waals surface area (Å²) in [5, 5.41) is 11.3. The fourth-order valence-corrected chi connectivity index (χ4v) is 1.58. The normalized spacial score (nSPS) is 12.3. The fraction of sp³-hybridized carbons (Fsp3) is 0.400. The number of Topliss-reactive ketones (excluding diaryl/α,β-unsaturated/α-hetero) is 1. The van der Waals surface area contributed by atoms with Crippen molar-refractivity contribution in [3.05, 3.63) is 35.9 Å². The number of ether oxygens (including phenoxy) is 1. The van der Waals surface area contributed by atoms with E-state index in [0.29, 0.717) is 5.56 Å². The van der Waals surface area contributed by atoms with Crippen molar-refractivity contribution in [1.29, 1.82) is 0 Å². The van der Waals surface area contributed by atoms with Crippen molar-refractivity contribution >= 4 is 17.8 Å². The number of amides is 1. The molecule has 6 nitrogen and oxygen atoms in total. The summed E-state index contributed by atoms with van der Waals surface area (Å²) in [6, 6.07) is 6.98. The van der Waals surface area contributed by atoms with Gasteiger partial charge < -0.3 is 15.2 Å². The van der Waals surface area contributed by atoms with E-state index in [9.17, 15) is 14.4 Å². The largest absolute Gasteiger partial charge is 0.480 e. The quantitative estimate of drug-likeness (QED) is 0.812. The molecule has 1 atom stereocenters. The average molecular weight is 293 g/mol. The van der Waals surface area contributed by atoms with Crippen LogP contribution in [0.3, 0.4) is 0 Å². The number of carbonyl (C=O) groups is 3. The standard InChI is InChI=1S/C15H19NO5/c1-15(2,3)21-14(20)16-11(13(18)19)9-12(17)10-7-5-4-6-8-10/h4-8,11H,9H2,1-3H3,(H,16,20)(H,18,19)/t11-/m1/s1. The smallest absolute Gasteiger partial charge is 0.408 e. The Kier molecular flexibility index (Phi) is 5.46. The third-order valence-electron chi connectivity index (χ3n) is 2.47. The van der Waals surface area contributed by atoms with Crippen LogP contribution in [-0.4, -0.2) is 34.6 Å². The Hall–Kier alpha value is -2.37. The number of carbonyl (C=O) groups excluding carboxylic acids is 2. The minimum absolute atomic E-state index is 0.335. The zero-order chi connectivity index (χ0) is 16.0. The molecule has 1 aromatic carbocycles. The lowest BCUT2D eigenvalue weighted by atomic mass is 10.0. The molecule has 1 rings (SSSR count). The van der Waals surface area contributed by atoms with E-state index in [1.807, 2.05) is 0 Å². The first kappa shape index (κ1) is 16.7. The van der Waals surface area contributed by atoms with Gasteiger partial charge in [-0.05, 0) is 20.8 Å². The zero-order valence-electron chi connectivity index (χ0n) is 12.3. The molecular weight excluding hydrogens is 274 g/mol. The molecule has 1 amide bonds. The van der Waals surface area contributed by atoms with E-state index in [1.54, 1.807) is 51.1 Å². The summed E-state index contributed by atoms with van der Waals surface area (Å²) in [5.74, 6) is -1.65. The topological polar surface area (TPSA) is 92.7 Å². The molecule has 21 heavy (non-hydrogen) atoms. The van der Waals surface area contributed by atoms with Crippen LogP contribution in [0.25, 0.3) is 0 Å². The molecule has 0 radical (unpaired) electrons. The van der Waals surface area contributed by atoms with Crippen LogP contribution in [0.1, 0.15) is 37.6 Å². The molecule has 0 aliphatic rings. The summed E-state index contributed by atoms with van der Waals surface area (Å²) >= 11 is 0. The number of rotatable bonds is 5. The van der Waals surface area contributed by atoms with Crippen LogP contribution >= 0.6 is 0 Å². The van der Waals surface area contributed by atoms with Gasteiger partial charge in [0.2, 0.25) is 0 Å². The average Bonchev–Trinajstić information content (AvgIpc) is 2.36. The maximum atomic E-state index is 12.0. The van der Waals surface area contributed by atoms with Crippen molar-refractivity contribution in [3.63, 3.8) is 0 Å². The molecule has 0 aromatic heterocycles. The van der Waals surface area contributed by atoms with Crippen molar-refractivity contribution in [2.24, 2.45) is 0 Å². The Morgan fingerprint density at radius 2 is 1.76 bits per heavy atom. The van der Waals surface area contributed by atoms with Gasteiger partial charge in [-0.15, -0.1) is 0 Å². The van der Waals surface area contributed by atoms with Crippen molar-refractivity contribution in [2.45, 2.75) is 38.8 Å². The molecule has 0 fully saturated rings. The lowest BCUT2D eigenvalue weighted by molar-refractivity contribution is -0.139. The maximum Gasteiger partial charge on any atom is 0.408 e. The predicted molar refractivity (Wildman–Crippen MR) is 76.2 cm³/mol. The Labute approximate surface area is 123 Å². The van der Waals surface area contributed by atoms with Crippen LogP contribution in [0, 0.1) is 0 Å². The molecule has 0 heterocycles. The number of benzene rings is 1. The molecule has 0 spiro atoms. The predicted octanol–water partition coefficient (Wildman–Crippen LogP) is 2.24. The van der Waals surface area contributed by atoms with Gasteiger partial charge >= 0.3 is 12.1 Å². The summed E-state index contributed by atoms with van der Waals surface area (Å²) < 4.78 is 4.98. The van der Waals surface area contributed by atoms with Gasteiger partial charge in [-0.25, -0.2) is 9.59 Å². The van der Waals surface area contributed by atoms with Gasteiger partial charge in [0.05, 0.1) is 0 Å².